The van der Waals surface area contributed by atoms with E-state index in [1.54, 1.807) is 0 Å². The monoisotopic (exact) mass is 248 g/mol. The van der Waals surface area contributed by atoms with Crippen molar-refractivity contribution >= 4 is 0 Å². The van der Waals surface area contributed by atoms with Crippen LogP contribution in [0.2, 0.25) is 0 Å². The van der Waals surface area contributed by atoms with Gasteiger partial charge in [0, 0.05) is 25.2 Å². The lowest BCUT2D eigenvalue weighted by Gasteiger charge is -2.33. The molecule has 3 heteroatoms. The largest absolute Gasteiger partial charge is 0.395 e. The van der Waals surface area contributed by atoms with Gasteiger partial charge in [-0.3, -0.25) is 4.90 Å². The molecule has 0 saturated carbocycles. The maximum atomic E-state index is 9.63. The second-order valence-corrected chi connectivity index (χ2v) is 5.39. The predicted molar refractivity (Wildman–Crippen MR) is 74.4 cm³/mol. The fraction of sp³-hybridized carbons (Fsp3) is 0.600. The zero-order valence-electron chi connectivity index (χ0n) is 11.4. The quantitative estimate of drug-likeness (QED) is 0.879. The molecular weight excluding hydrogens is 224 g/mol. The van der Waals surface area contributed by atoms with Crippen LogP contribution in [0.4, 0.5) is 0 Å². The molecule has 1 N–H and O–H groups in total. The summed E-state index contributed by atoms with van der Waals surface area (Å²) in [5, 5.41) is 9.63. The van der Waals surface area contributed by atoms with Crippen molar-refractivity contribution in [2.24, 2.45) is 0 Å². The normalized spacial score (nSPS) is 27.1. The third-order valence-corrected chi connectivity index (χ3v) is 3.90. The fourth-order valence-electron chi connectivity index (χ4n) is 2.73. The average Bonchev–Trinajstić information content (AvgIpc) is 2.53. The molecule has 1 aliphatic rings. The van der Waals surface area contributed by atoms with Gasteiger partial charge in [0.05, 0.1) is 6.61 Å². The van der Waals surface area contributed by atoms with E-state index in [0.717, 1.165) is 19.6 Å². The van der Waals surface area contributed by atoms with Gasteiger partial charge in [0.25, 0.3) is 0 Å². The van der Waals surface area contributed by atoms with Crippen LogP contribution in [0.15, 0.2) is 30.3 Å². The molecule has 0 aromatic heterocycles. The lowest BCUT2D eigenvalue weighted by Crippen LogP contribution is -2.45. The minimum absolute atomic E-state index is 0.238. The van der Waals surface area contributed by atoms with Crippen LogP contribution < -0.4 is 0 Å². The summed E-state index contributed by atoms with van der Waals surface area (Å²) >= 11 is 0. The summed E-state index contributed by atoms with van der Waals surface area (Å²) in [6.07, 6.45) is 1.17. The Kier molecular flexibility index (Phi) is 4.75. The second kappa shape index (κ2) is 6.32. The van der Waals surface area contributed by atoms with Gasteiger partial charge in [0.2, 0.25) is 0 Å². The molecule has 18 heavy (non-hydrogen) atoms. The standard InChI is InChI=1S/C15H24N2O/c1-13-8-9-16(2)11-15(12-18)17(13)10-14-6-4-3-5-7-14/h3-7,13,15,18H,8-12H2,1-2H3. The van der Waals surface area contributed by atoms with E-state index in [1.807, 2.05) is 6.07 Å². The zero-order valence-corrected chi connectivity index (χ0v) is 11.4. The van der Waals surface area contributed by atoms with Crippen LogP contribution in [0.3, 0.4) is 0 Å². The van der Waals surface area contributed by atoms with Gasteiger partial charge in [-0.2, -0.15) is 0 Å². The van der Waals surface area contributed by atoms with Gasteiger partial charge in [-0.1, -0.05) is 30.3 Å². The van der Waals surface area contributed by atoms with E-state index >= 15 is 0 Å². The van der Waals surface area contributed by atoms with Crippen LogP contribution in [-0.2, 0) is 6.54 Å². The van der Waals surface area contributed by atoms with Crippen LogP contribution in [0.5, 0.6) is 0 Å². The molecule has 100 valence electrons. The highest BCUT2D eigenvalue weighted by molar-refractivity contribution is 5.14. The number of hydrogen-bond acceptors (Lipinski definition) is 3. The van der Waals surface area contributed by atoms with E-state index in [1.165, 1.54) is 12.0 Å². The fourth-order valence-corrected chi connectivity index (χ4v) is 2.73. The Morgan fingerprint density at radius 2 is 2.00 bits per heavy atom. The van der Waals surface area contributed by atoms with Crippen molar-refractivity contribution in [1.29, 1.82) is 0 Å². The maximum Gasteiger partial charge on any atom is 0.0599 e. The van der Waals surface area contributed by atoms with Gasteiger partial charge in [-0.15, -0.1) is 0 Å². The number of aliphatic hydroxyl groups is 1. The van der Waals surface area contributed by atoms with Gasteiger partial charge in [0.15, 0.2) is 0 Å². The average molecular weight is 248 g/mol. The van der Waals surface area contributed by atoms with Crippen molar-refractivity contribution in [3.8, 4) is 0 Å². The van der Waals surface area contributed by atoms with Gasteiger partial charge < -0.3 is 10.0 Å². The number of nitrogens with zero attached hydrogens (tertiary/aromatic N) is 2. The Labute approximate surface area is 110 Å². The maximum absolute atomic E-state index is 9.63. The van der Waals surface area contributed by atoms with E-state index in [-0.39, 0.29) is 12.6 Å². The molecule has 1 aliphatic heterocycles. The third kappa shape index (κ3) is 3.31. The summed E-state index contributed by atoms with van der Waals surface area (Å²) in [6.45, 7) is 5.50. The Morgan fingerprint density at radius 3 is 2.67 bits per heavy atom. The molecule has 1 heterocycles. The molecule has 3 nitrogen and oxygen atoms in total. The van der Waals surface area contributed by atoms with Crippen LogP contribution in [-0.4, -0.2) is 53.7 Å². The topological polar surface area (TPSA) is 26.7 Å². The van der Waals surface area contributed by atoms with Gasteiger partial charge >= 0.3 is 0 Å². The summed E-state index contributed by atoms with van der Waals surface area (Å²) in [7, 11) is 2.14. The Bertz CT molecular complexity index is 355. The van der Waals surface area contributed by atoms with E-state index < -0.39 is 0 Å². The molecule has 0 bridgehead atoms. The van der Waals surface area contributed by atoms with Crippen molar-refractivity contribution in [3.63, 3.8) is 0 Å². The molecule has 1 fully saturated rings. The Hall–Kier alpha value is -0.900. The molecule has 1 aromatic carbocycles. The highest BCUT2D eigenvalue weighted by atomic mass is 16.3. The minimum atomic E-state index is 0.238. The summed E-state index contributed by atoms with van der Waals surface area (Å²) < 4.78 is 0. The molecule has 2 rings (SSSR count). The van der Waals surface area contributed by atoms with E-state index in [2.05, 4.69) is 48.0 Å². The molecule has 2 unspecified atom stereocenters. The molecular formula is C15H24N2O. The molecule has 0 amide bonds. The highest BCUT2D eigenvalue weighted by Crippen LogP contribution is 2.18. The highest BCUT2D eigenvalue weighted by Gasteiger charge is 2.27. The minimum Gasteiger partial charge on any atom is -0.395 e. The van der Waals surface area contributed by atoms with Crippen LogP contribution in [0, 0.1) is 0 Å². The summed E-state index contributed by atoms with van der Waals surface area (Å²) in [4.78, 5) is 4.77. The first-order valence-electron chi connectivity index (χ1n) is 6.79. The van der Waals surface area contributed by atoms with Crippen molar-refractivity contribution < 1.29 is 5.11 Å². The number of likely N-dealkylation sites (N-methyl/N-ethyl adjacent to an activating group) is 1. The number of aliphatic hydroxyl groups excluding tert-OH is 1. The summed E-state index contributed by atoms with van der Waals surface area (Å²) in [6, 6.07) is 11.3. The van der Waals surface area contributed by atoms with E-state index in [4.69, 9.17) is 0 Å². The zero-order chi connectivity index (χ0) is 13.0. The smallest absolute Gasteiger partial charge is 0.0599 e. The summed E-state index contributed by atoms with van der Waals surface area (Å²) in [5.74, 6) is 0. The number of rotatable bonds is 3. The molecule has 0 spiro atoms. The SMILES string of the molecule is CC1CCN(C)CC(CO)N1Cc1ccccc1. The van der Waals surface area contributed by atoms with Gasteiger partial charge in [-0.05, 0) is 32.5 Å². The first kappa shape index (κ1) is 13.5. The number of benzene rings is 1. The Balaban J connectivity index is 2.11. The second-order valence-electron chi connectivity index (χ2n) is 5.39. The first-order valence-corrected chi connectivity index (χ1v) is 6.79. The molecule has 1 saturated heterocycles. The van der Waals surface area contributed by atoms with Crippen molar-refractivity contribution in [3.05, 3.63) is 35.9 Å². The first-order chi connectivity index (χ1) is 8.70. The molecule has 1 aromatic rings. The van der Waals surface area contributed by atoms with Gasteiger partial charge in [0.1, 0.15) is 0 Å². The van der Waals surface area contributed by atoms with Crippen molar-refractivity contribution in [2.75, 3.05) is 26.7 Å². The van der Waals surface area contributed by atoms with Crippen LogP contribution in [0.25, 0.3) is 0 Å². The third-order valence-electron chi connectivity index (χ3n) is 3.90. The van der Waals surface area contributed by atoms with Crippen LogP contribution >= 0.6 is 0 Å². The lowest BCUT2D eigenvalue weighted by atomic mass is 10.1. The molecule has 0 radical (unpaired) electrons. The van der Waals surface area contributed by atoms with E-state index in [0.29, 0.717) is 6.04 Å². The van der Waals surface area contributed by atoms with Crippen molar-refractivity contribution in [1.82, 2.24) is 9.80 Å². The number of hydrogen-bond donors (Lipinski definition) is 1. The predicted octanol–water partition coefficient (Wildman–Crippen LogP) is 1.57. The van der Waals surface area contributed by atoms with Gasteiger partial charge in [-0.25, -0.2) is 0 Å². The molecule has 2 atom stereocenters. The lowest BCUT2D eigenvalue weighted by molar-refractivity contribution is 0.0828. The molecule has 0 aliphatic carbocycles. The van der Waals surface area contributed by atoms with Crippen molar-refractivity contribution in [2.45, 2.75) is 32.0 Å². The van der Waals surface area contributed by atoms with Crippen LogP contribution in [0.1, 0.15) is 18.9 Å². The van der Waals surface area contributed by atoms with E-state index in [9.17, 15) is 5.11 Å². The summed E-state index contributed by atoms with van der Waals surface area (Å²) in [5.41, 5.74) is 1.33. The Morgan fingerprint density at radius 1 is 1.28 bits per heavy atom.